The summed E-state index contributed by atoms with van der Waals surface area (Å²) in [4.78, 5) is 26.0. The highest BCUT2D eigenvalue weighted by molar-refractivity contribution is 7.16. The number of aromatic nitrogens is 1. The standard InChI is InChI=1S/C18H21FN3O4P/c1-2-26-17-12(4-3-5-13(17)19)10-21-11-20(8-9-27)18(25)15-16(24)14(23)6-7-22(15)21/h3-7,24H,2,8-11,27H2,1H3. The Kier molecular flexibility index (Phi) is 5.65. The molecule has 3 rings (SSSR count). The average Bonchev–Trinajstić information content (AvgIpc) is 2.64. The summed E-state index contributed by atoms with van der Waals surface area (Å²) in [6.07, 6.45) is 2.08. The van der Waals surface area contributed by atoms with Gasteiger partial charge >= 0.3 is 0 Å². The minimum atomic E-state index is -0.622. The average molecular weight is 393 g/mol. The summed E-state index contributed by atoms with van der Waals surface area (Å²) in [5.41, 5.74) is -0.120. The van der Waals surface area contributed by atoms with Gasteiger partial charge in [-0.05, 0) is 19.2 Å². The van der Waals surface area contributed by atoms with Crippen molar-refractivity contribution in [1.29, 1.82) is 0 Å². The van der Waals surface area contributed by atoms with E-state index in [4.69, 9.17) is 4.74 Å². The first-order valence-electron chi connectivity index (χ1n) is 8.57. The molecule has 0 aliphatic carbocycles. The van der Waals surface area contributed by atoms with E-state index in [9.17, 15) is 19.1 Å². The molecular formula is C18H21FN3O4P. The molecule has 0 fully saturated rings. The number of hydrogen-bond acceptors (Lipinski definition) is 5. The molecule has 2 aromatic rings. The third kappa shape index (κ3) is 3.62. The summed E-state index contributed by atoms with van der Waals surface area (Å²) < 4.78 is 21.0. The predicted octanol–water partition coefficient (Wildman–Crippen LogP) is 1.52. The fourth-order valence-corrected chi connectivity index (χ4v) is 3.38. The Morgan fingerprint density at radius 1 is 1.30 bits per heavy atom. The molecule has 1 amide bonds. The highest BCUT2D eigenvalue weighted by Gasteiger charge is 2.32. The van der Waals surface area contributed by atoms with Crippen LogP contribution in [-0.2, 0) is 6.54 Å². The molecule has 1 aromatic carbocycles. The molecule has 2 heterocycles. The van der Waals surface area contributed by atoms with Crippen LogP contribution in [0.2, 0.25) is 0 Å². The van der Waals surface area contributed by atoms with Crippen LogP contribution in [0, 0.1) is 5.82 Å². The van der Waals surface area contributed by atoms with Crippen LogP contribution in [0.15, 0.2) is 35.3 Å². The molecule has 1 N–H and O–H groups in total. The van der Waals surface area contributed by atoms with Gasteiger partial charge in [0.1, 0.15) is 6.67 Å². The molecule has 144 valence electrons. The molecule has 27 heavy (non-hydrogen) atoms. The number of aromatic hydroxyl groups is 1. The van der Waals surface area contributed by atoms with Crippen molar-refractivity contribution in [2.24, 2.45) is 0 Å². The van der Waals surface area contributed by atoms with Gasteiger partial charge in [-0.1, -0.05) is 12.1 Å². The highest BCUT2D eigenvalue weighted by Crippen LogP contribution is 2.26. The van der Waals surface area contributed by atoms with E-state index in [2.05, 4.69) is 9.24 Å². The first-order chi connectivity index (χ1) is 13.0. The maximum absolute atomic E-state index is 14.2. The van der Waals surface area contributed by atoms with Crippen LogP contribution >= 0.6 is 9.24 Å². The topological polar surface area (TPSA) is 75.0 Å². The molecule has 0 saturated carbocycles. The van der Waals surface area contributed by atoms with Crippen molar-refractivity contribution in [3.05, 3.63) is 57.8 Å². The van der Waals surface area contributed by atoms with E-state index in [0.29, 0.717) is 24.9 Å². The van der Waals surface area contributed by atoms with Crippen LogP contribution in [0.5, 0.6) is 11.5 Å². The lowest BCUT2D eigenvalue weighted by Crippen LogP contribution is -2.54. The Labute approximate surface area is 158 Å². The number of pyridine rings is 1. The number of amides is 1. The Morgan fingerprint density at radius 3 is 2.78 bits per heavy atom. The summed E-state index contributed by atoms with van der Waals surface area (Å²) in [6.45, 7) is 2.97. The zero-order valence-corrected chi connectivity index (χ0v) is 16.0. The Hall–Kier alpha value is -2.60. The number of nitrogens with zero attached hydrogens (tertiary/aromatic N) is 3. The smallest absolute Gasteiger partial charge is 0.277 e. The first-order valence-corrected chi connectivity index (χ1v) is 9.39. The number of hydrogen-bond donors (Lipinski definition) is 1. The summed E-state index contributed by atoms with van der Waals surface area (Å²) in [5.74, 6) is -1.33. The number of carbonyl (C=O) groups excluding carboxylic acids is 1. The lowest BCUT2D eigenvalue weighted by atomic mass is 10.2. The van der Waals surface area contributed by atoms with Gasteiger partial charge in [-0.15, -0.1) is 9.24 Å². The molecule has 1 atom stereocenters. The van der Waals surface area contributed by atoms with Gasteiger partial charge in [0.2, 0.25) is 5.43 Å². The highest BCUT2D eigenvalue weighted by atomic mass is 31.0. The van der Waals surface area contributed by atoms with Gasteiger partial charge in [0, 0.05) is 24.4 Å². The monoisotopic (exact) mass is 393 g/mol. The summed E-state index contributed by atoms with van der Waals surface area (Å²) in [5, 5.41) is 11.9. The molecule has 0 saturated heterocycles. The molecule has 9 heteroatoms. The summed E-state index contributed by atoms with van der Waals surface area (Å²) >= 11 is 0. The second-order valence-electron chi connectivity index (χ2n) is 6.05. The molecule has 7 nitrogen and oxygen atoms in total. The van der Waals surface area contributed by atoms with Crippen LogP contribution in [0.4, 0.5) is 4.39 Å². The van der Waals surface area contributed by atoms with E-state index >= 15 is 0 Å². The fraction of sp³-hybridized carbons (Fsp3) is 0.333. The first kappa shape index (κ1) is 19.2. The van der Waals surface area contributed by atoms with E-state index < -0.39 is 22.9 Å². The Balaban J connectivity index is 2.05. The lowest BCUT2D eigenvalue weighted by Gasteiger charge is -2.39. The van der Waals surface area contributed by atoms with Crippen LogP contribution in [0.25, 0.3) is 0 Å². The number of fused-ring (bicyclic) bond motifs is 1. The maximum Gasteiger partial charge on any atom is 0.277 e. The predicted molar refractivity (Wildman–Crippen MR) is 102 cm³/mol. The Bertz CT molecular complexity index is 918. The van der Waals surface area contributed by atoms with Crippen LogP contribution in [0.3, 0.4) is 0 Å². The Morgan fingerprint density at radius 2 is 2.07 bits per heavy atom. The van der Waals surface area contributed by atoms with Crippen molar-refractivity contribution >= 4 is 15.1 Å². The third-order valence-corrected chi connectivity index (χ3v) is 4.53. The van der Waals surface area contributed by atoms with Gasteiger partial charge in [0.05, 0.1) is 13.2 Å². The number of benzene rings is 1. The van der Waals surface area contributed by atoms with Crippen LogP contribution in [0.1, 0.15) is 23.0 Å². The van der Waals surface area contributed by atoms with Gasteiger partial charge < -0.3 is 14.7 Å². The van der Waals surface area contributed by atoms with E-state index in [-0.39, 0.29) is 24.7 Å². The zero-order valence-electron chi connectivity index (χ0n) is 14.9. The van der Waals surface area contributed by atoms with Crippen molar-refractivity contribution in [3.63, 3.8) is 0 Å². The normalized spacial score (nSPS) is 13.7. The van der Waals surface area contributed by atoms with Crippen molar-refractivity contribution < 1.29 is 19.0 Å². The molecular weight excluding hydrogens is 372 g/mol. The number of para-hydroxylation sites is 1. The van der Waals surface area contributed by atoms with Gasteiger partial charge in [-0.25, -0.2) is 4.39 Å². The number of halogens is 1. The summed E-state index contributed by atoms with van der Waals surface area (Å²) in [6, 6.07) is 5.85. The second kappa shape index (κ2) is 7.96. The van der Waals surface area contributed by atoms with Crippen molar-refractivity contribution in [2.45, 2.75) is 13.5 Å². The number of carbonyl (C=O) groups is 1. The van der Waals surface area contributed by atoms with Crippen molar-refractivity contribution in [1.82, 2.24) is 9.58 Å². The van der Waals surface area contributed by atoms with Crippen LogP contribution < -0.4 is 15.2 Å². The molecule has 1 aliphatic heterocycles. The SMILES string of the molecule is CCOc1c(F)cccc1CN1CN(CCP)C(=O)c2c(O)c(=O)ccn21. The minimum Gasteiger partial charge on any atom is -0.502 e. The second-order valence-corrected chi connectivity index (χ2v) is 6.62. The molecule has 1 aromatic heterocycles. The van der Waals surface area contributed by atoms with Gasteiger partial charge in [-0.2, -0.15) is 0 Å². The molecule has 1 unspecified atom stereocenters. The molecule has 0 radical (unpaired) electrons. The van der Waals surface area contributed by atoms with E-state index in [0.717, 1.165) is 0 Å². The number of ether oxygens (including phenoxy) is 1. The molecule has 1 aliphatic rings. The van der Waals surface area contributed by atoms with Gasteiger partial charge in [0.25, 0.3) is 5.91 Å². The lowest BCUT2D eigenvalue weighted by molar-refractivity contribution is 0.0697. The quantitative estimate of drug-likeness (QED) is 0.754. The van der Waals surface area contributed by atoms with E-state index in [1.807, 2.05) is 0 Å². The van der Waals surface area contributed by atoms with E-state index in [1.54, 1.807) is 24.1 Å². The van der Waals surface area contributed by atoms with Crippen molar-refractivity contribution in [3.8, 4) is 11.5 Å². The largest absolute Gasteiger partial charge is 0.502 e. The van der Waals surface area contributed by atoms with Crippen molar-refractivity contribution in [2.75, 3.05) is 31.0 Å². The molecule has 0 bridgehead atoms. The van der Waals surface area contributed by atoms with E-state index in [1.165, 1.54) is 27.9 Å². The summed E-state index contributed by atoms with van der Waals surface area (Å²) in [7, 11) is 2.54. The molecule has 0 spiro atoms. The van der Waals surface area contributed by atoms with Crippen LogP contribution in [-0.4, -0.2) is 46.6 Å². The fourth-order valence-electron chi connectivity index (χ4n) is 3.07. The maximum atomic E-state index is 14.2. The zero-order chi connectivity index (χ0) is 19.6. The minimum absolute atomic E-state index is 0.0958. The number of rotatable bonds is 6. The van der Waals surface area contributed by atoms with Gasteiger partial charge in [-0.3, -0.25) is 19.3 Å². The third-order valence-electron chi connectivity index (χ3n) is 4.27. The van der Waals surface area contributed by atoms with Gasteiger partial charge in [0.15, 0.2) is 23.0 Å².